The third-order valence-electron chi connectivity index (χ3n) is 0.633. The molecule has 0 radical (unpaired) electrons. The Bertz CT molecular complexity index is 139. The lowest BCUT2D eigenvalue weighted by atomic mass is 10.3. The molecule has 0 amide bonds. The molecule has 0 spiro atoms. The van der Waals surface area contributed by atoms with Gasteiger partial charge in [-0.1, -0.05) is 6.92 Å². The molecule has 0 saturated heterocycles. The van der Waals surface area contributed by atoms with Crippen molar-refractivity contribution in [2.75, 3.05) is 0 Å². The largest absolute Gasteiger partial charge is 0.359 e. The SMILES string of the molecule is CCCC(=O)ON=[N+]=[N-]. The molecule has 0 aliphatic carbocycles. The standard InChI is InChI=1S/C4H7N3O2/c1-2-3-4(8)9-7-6-5/h2-3H2,1H3. The highest BCUT2D eigenvalue weighted by molar-refractivity contribution is 5.68. The summed E-state index contributed by atoms with van der Waals surface area (Å²) in [7, 11) is 0. The average molecular weight is 129 g/mol. The maximum Gasteiger partial charge on any atom is 0.317 e. The second kappa shape index (κ2) is 4.93. The van der Waals surface area contributed by atoms with Crippen molar-refractivity contribution in [3.63, 3.8) is 0 Å². The minimum atomic E-state index is -0.490. The number of rotatable bonds is 3. The van der Waals surface area contributed by atoms with Crippen molar-refractivity contribution in [2.45, 2.75) is 19.8 Å². The van der Waals surface area contributed by atoms with Crippen LogP contribution in [0.15, 0.2) is 5.28 Å². The first-order chi connectivity index (χ1) is 4.31. The van der Waals surface area contributed by atoms with Gasteiger partial charge in [-0.2, -0.15) is 0 Å². The highest BCUT2D eigenvalue weighted by atomic mass is 16.7. The number of carbonyl (C=O) groups is 1. The zero-order valence-electron chi connectivity index (χ0n) is 5.07. The smallest absolute Gasteiger partial charge is 0.317 e. The molecule has 0 unspecified atom stereocenters. The molecule has 5 nitrogen and oxygen atoms in total. The molecule has 0 aromatic heterocycles. The lowest BCUT2D eigenvalue weighted by Crippen LogP contribution is -1.96. The van der Waals surface area contributed by atoms with Crippen LogP contribution in [0.2, 0.25) is 0 Å². The second-order valence-corrected chi connectivity index (χ2v) is 1.38. The molecule has 0 heterocycles. The van der Waals surface area contributed by atoms with Gasteiger partial charge in [0.2, 0.25) is 0 Å². The van der Waals surface area contributed by atoms with E-state index in [4.69, 9.17) is 5.53 Å². The maximum atomic E-state index is 10.3. The van der Waals surface area contributed by atoms with Crippen molar-refractivity contribution in [3.05, 3.63) is 10.4 Å². The van der Waals surface area contributed by atoms with Crippen LogP contribution in [-0.4, -0.2) is 5.97 Å². The van der Waals surface area contributed by atoms with E-state index in [1.807, 2.05) is 6.92 Å². The fourth-order valence-electron chi connectivity index (χ4n) is 0.314. The Morgan fingerprint density at radius 2 is 2.56 bits per heavy atom. The van der Waals surface area contributed by atoms with Gasteiger partial charge in [-0.05, 0) is 12.0 Å². The minimum absolute atomic E-state index is 0.291. The Labute approximate surface area is 52.2 Å². The third-order valence-corrected chi connectivity index (χ3v) is 0.633. The summed E-state index contributed by atoms with van der Waals surface area (Å²) in [4.78, 5) is 16.6. The van der Waals surface area contributed by atoms with Gasteiger partial charge >= 0.3 is 5.97 Å². The molecular weight excluding hydrogens is 122 g/mol. The summed E-state index contributed by atoms with van der Waals surface area (Å²) in [5.74, 6) is -0.490. The van der Waals surface area contributed by atoms with Gasteiger partial charge < -0.3 is 4.84 Å². The van der Waals surface area contributed by atoms with Crippen LogP contribution in [0.5, 0.6) is 0 Å². The van der Waals surface area contributed by atoms with Gasteiger partial charge in [0.05, 0.1) is 0 Å². The van der Waals surface area contributed by atoms with Gasteiger partial charge in [0, 0.05) is 11.3 Å². The van der Waals surface area contributed by atoms with Crippen molar-refractivity contribution in [1.29, 1.82) is 0 Å². The summed E-state index contributed by atoms with van der Waals surface area (Å²) >= 11 is 0. The van der Waals surface area contributed by atoms with E-state index in [-0.39, 0.29) is 0 Å². The van der Waals surface area contributed by atoms with Crippen molar-refractivity contribution < 1.29 is 9.63 Å². The number of hydrogen-bond donors (Lipinski definition) is 0. The van der Waals surface area contributed by atoms with E-state index in [0.717, 1.165) is 0 Å². The Kier molecular flexibility index (Phi) is 4.26. The summed E-state index contributed by atoms with van der Waals surface area (Å²) in [5.41, 5.74) is 7.66. The molecule has 9 heavy (non-hydrogen) atoms. The molecule has 0 bridgehead atoms. The summed E-state index contributed by atoms with van der Waals surface area (Å²) in [5, 5.41) is 2.62. The van der Waals surface area contributed by atoms with E-state index in [2.05, 4.69) is 15.0 Å². The summed E-state index contributed by atoms with van der Waals surface area (Å²) in [6.07, 6.45) is 0.985. The first-order valence-corrected chi connectivity index (χ1v) is 2.55. The summed E-state index contributed by atoms with van der Waals surface area (Å²) in [6.45, 7) is 1.83. The number of hydrogen-bond acceptors (Lipinski definition) is 3. The Morgan fingerprint density at radius 1 is 1.89 bits per heavy atom. The molecule has 5 heteroatoms. The lowest BCUT2D eigenvalue weighted by molar-refractivity contribution is -0.144. The van der Waals surface area contributed by atoms with Gasteiger partial charge in [-0.15, -0.1) is 0 Å². The quantitative estimate of drug-likeness (QED) is 0.251. The van der Waals surface area contributed by atoms with Crippen LogP contribution >= 0.6 is 0 Å². The number of nitrogens with zero attached hydrogens (tertiary/aromatic N) is 3. The van der Waals surface area contributed by atoms with Crippen LogP contribution in [0.1, 0.15) is 19.8 Å². The fraction of sp³-hybridized carbons (Fsp3) is 0.750. The van der Waals surface area contributed by atoms with E-state index in [9.17, 15) is 4.79 Å². The Morgan fingerprint density at radius 3 is 3.00 bits per heavy atom. The zero-order valence-corrected chi connectivity index (χ0v) is 5.07. The third kappa shape index (κ3) is 4.64. The predicted octanol–water partition coefficient (Wildman–Crippen LogP) is 1.56. The molecule has 0 aliphatic heterocycles. The monoisotopic (exact) mass is 129 g/mol. The van der Waals surface area contributed by atoms with Crippen molar-refractivity contribution in [3.8, 4) is 0 Å². The zero-order chi connectivity index (χ0) is 7.11. The Balaban J connectivity index is 3.38. The summed E-state index contributed by atoms with van der Waals surface area (Å²) in [6, 6.07) is 0. The van der Waals surface area contributed by atoms with Crippen molar-refractivity contribution in [1.82, 2.24) is 0 Å². The minimum Gasteiger partial charge on any atom is -0.359 e. The van der Waals surface area contributed by atoms with E-state index in [0.29, 0.717) is 12.8 Å². The second-order valence-electron chi connectivity index (χ2n) is 1.38. The topological polar surface area (TPSA) is 75.1 Å². The molecule has 50 valence electrons. The predicted molar refractivity (Wildman–Crippen MR) is 30.1 cm³/mol. The van der Waals surface area contributed by atoms with Crippen LogP contribution in [0.4, 0.5) is 0 Å². The summed E-state index contributed by atoms with van der Waals surface area (Å²) < 4.78 is 0. The van der Waals surface area contributed by atoms with Gasteiger partial charge in [-0.25, -0.2) is 0 Å². The van der Waals surface area contributed by atoms with E-state index in [1.165, 1.54) is 0 Å². The molecule has 0 atom stereocenters. The molecule has 0 aromatic rings. The number of azide groups is 1. The van der Waals surface area contributed by atoms with E-state index < -0.39 is 5.97 Å². The normalized spacial score (nSPS) is 7.67. The Hall–Kier alpha value is -1.22. The highest BCUT2D eigenvalue weighted by Crippen LogP contribution is 1.90. The first-order valence-electron chi connectivity index (χ1n) is 2.55. The van der Waals surface area contributed by atoms with Gasteiger partial charge in [0.25, 0.3) is 0 Å². The number of carbonyl (C=O) groups excluding carboxylic acids is 1. The van der Waals surface area contributed by atoms with Crippen LogP contribution in [0, 0.1) is 0 Å². The van der Waals surface area contributed by atoms with Crippen LogP contribution in [0.3, 0.4) is 0 Å². The molecular formula is C4H7N3O2. The molecule has 0 saturated carbocycles. The van der Waals surface area contributed by atoms with Gasteiger partial charge in [-0.3, -0.25) is 4.79 Å². The van der Waals surface area contributed by atoms with E-state index in [1.54, 1.807) is 0 Å². The van der Waals surface area contributed by atoms with E-state index >= 15 is 0 Å². The fourth-order valence-corrected chi connectivity index (χ4v) is 0.314. The van der Waals surface area contributed by atoms with Crippen LogP contribution < -0.4 is 0 Å². The lowest BCUT2D eigenvalue weighted by Gasteiger charge is -1.89. The van der Waals surface area contributed by atoms with Gasteiger partial charge in [0.1, 0.15) is 5.28 Å². The maximum absolute atomic E-state index is 10.3. The molecule has 0 rings (SSSR count). The first kappa shape index (κ1) is 7.78. The average Bonchev–Trinajstić information content (AvgIpc) is 1.85. The molecule has 0 aromatic carbocycles. The molecule has 0 aliphatic rings. The van der Waals surface area contributed by atoms with Gasteiger partial charge in [0.15, 0.2) is 0 Å². The van der Waals surface area contributed by atoms with Crippen molar-refractivity contribution >= 4 is 5.97 Å². The van der Waals surface area contributed by atoms with Crippen molar-refractivity contribution in [2.24, 2.45) is 5.28 Å². The molecule has 0 fully saturated rings. The highest BCUT2D eigenvalue weighted by Gasteiger charge is 1.96. The molecule has 0 N–H and O–H groups in total. The van der Waals surface area contributed by atoms with Crippen LogP contribution in [0.25, 0.3) is 10.4 Å². The van der Waals surface area contributed by atoms with Crippen LogP contribution in [-0.2, 0) is 9.63 Å².